The van der Waals surface area contributed by atoms with Crippen LogP contribution in [-0.2, 0) is 15.9 Å². The molecule has 5 nitrogen and oxygen atoms in total. The van der Waals surface area contributed by atoms with Crippen LogP contribution in [0.2, 0.25) is 0 Å². The summed E-state index contributed by atoms with van der Waals surface area (Å²) < 4.78 is 10.6. The molecular weight excluding hydrogens is 229 g/mol. The molecule has 1 aromatic carbocycles. The van der Waals surface area contributed by atoms with E-state index in [-0.39, 0.29) is 12.8 Å². The highest BCUT2D eigenvalue weighted by molar-refractivity contribution is 7.36. The van der Waals surface area contributed by atoms with Gasteiger partial charge in [-0.1, -0.05) is 34.9 Å². The van der Waals surface area contributed by atoms with Crippen LogP contribution in [0.1, 0.15) is 5.56 Å². The van der Waals surface area contributed by atoms with E-state index in [0.29, 0.717) is 6.54 Å². The summed E-state index contributed by atoms with van der Waals surface area (Å²) in [5.74, 6) is -1.03. The molecule has 0 saturated carbocycles. The third kappa shape index (κ3) is 4.98. The summed E-state index contributed by atoms with van der Waals surface area (Å²) in [5.41, 5.74) is 0.889. The van der Waals surface area contributed by atoms with Crippen molar-refractivity contribution in [3.63, 3.8) is 0 Å². The molecule has 0 aliphatic carbocycles. The van der Waals surface area contributed by atoms with Crippen LogP contribution in [0.5, 0.6) is 0 Å². The Balaban J connectivity index is 2.63. The van der Waals surface area contributed by atoms with Gasteiger partial charge in [0.25, 0.3) is 0 Å². The molecule has 0 aliphatic heterocycles. The summed E-state index contributed by atoms with van der Waals surface area (Å²) in [5, 5.41) is 8.64. The number of benzene rings is 1. The molecule has 1 unspecified atom stereocenters. The second-order valence-electron chi connectivity index (χ2n) is 3.34. The minimum absolute atomic E-state index is 0.240. The van der Waals surface area contributed by atoms with Gasteiger partial charge in [-0.3, -0.25) is 4.79 Å². The van der Waals surface area contributed by atoms with Crippen LogP contribution in [0.25, 0.3) is 0 Å². The van der Waals surface area contributed by atoms with Gasteiger partial charge in [-0.15, -0.1) is 0 Å². The SMILES string of the molecule is O=C(O)CN(Cc1ccccc1)C[P+](=O)[O-]. The molecule has 0 bridgehead atoms. The molecule has 0 aromatic heterocycles. The minimum atomic E-state index is -2.60. The fourth-order valence-corrected chi connectivity index (χ4v) is 1.88. The standard InChI is InChI=1S/C10H12NO4P/c12-10(13)7-11(8-16(14)15)6-9-4-2-1-3-5-9/h1-5H,6-8H2,(H,12,13). The first-order chi connectivity index (χ1) is 7.58. The monoisotopic (exact) mass is 241 g/mol. The van der Waals surface area contributed by atoms with Gasteiger partial charge in [-0.25, -0.2) is 4.90 Å². The molecule has 1 N–H and O–H groups in total. The average molecular weight is 241 g/mol. The Bertz CT molecular complexity index is 352. The second kappa shape index (κ2) is 6.33. The molecule has 0 fully saturated rings. The van der Waals surface area contributed by atoms with Crippen molar-refractivity contribution in [2.24, 2.45) is 0 Å². The molecule has 0 saturated heterocycles. The first-order valence-electron chi connectivity index (χ1n) is 4.68. The van der Waals surface area contributed by atoms with Crippen LogP contribution in [0.15, 0.2) is 30.3 Å². The number of aliphatic carboxylic acids is 1. The van der Waals surface area contributed by atoms with E-state index < -0.39 is 14.0 Å². The van der Waals surface area contributed by atoms with Crippen LogP contribution < -0.4 is 4.89 Å². The maximum Gasteiger partial charge on any atom is 0.324 e. The van der Waals surface area contributed by atoms with Crippen molar-refractivity contribution in [1.29, 1.82) is 0 Å². The van der Waals surface area contributed by atoms with Crippen LogP contribution >= 0.6 is 8.03 Å². The predicted molar refractivity (Wildman–Crippen MR) is 57.0 cm³/mol. The topological polar surface area (TPSA) is 80.7 Å². The Labute approximate surface area is 94.2 Å². The second-order valence-corrected chi connectivity index (χ2v) is 4.29. The van der Waals surface area contributed by atoms with Crippen molar-refractivity contribution < 1.29 is 19.4 Å². The molecule has 6 heteroatoms. The van der Waals surface area contributed by atoms with Gasteiger partial charge in [0.2, 0.25) is 0 Å². The normalized spacial score (nSPS) is 11.5. The first-order valence-corrected chi connectivity index (χ1v) is 6.04. The Morgan fingerprint density at radius 2 is 2.00 bits per heavy atom. The fourth-order valence-electron chi connectivity index (χ4n) is 1.35. The number of rotatable bonds is 6. The van der Waals surface area contributed by atoms with Gasteiger partial charge in [0.05, 0.1) is 0 Å². The minimum Gasteiger partial charge on any atom is -0.594 e. The molecule has 0 heterocycles. The van der Waals surface area contributed by atoms with E-state index in [9.17, 15) is 14.3 Å². The largest absolute Gasteiger partial charge is 0.594 e. The van der Waals surface area contributed by atoms with Gasteiger partial charge in [-0.05, 0) is 5.56 Å². The van der Waals surface area contributed by atoms with Gasteiger partial charge in [0, 0.05) is 6.54 Å². The van der Waals surface area contributed by atoms with Crippen LogP contribution in [0.4, 0.5) is 0 Å². The summed E-state index contributed by atoms with van der Waals surface area (Å²) in [6, 6.07) is 9.15. The Morgan fingerprint density at radius 3 is 2.50 bits per heavy atom. The van der Waals surface area contributed by atoms with Gasteiger partial charge < -0.3 is 10.00 Å². The Hall–Kier alpha value is -1.29. The molecule has 0 aliphatic rings. The average Bonchev–Trinajstić information content (AvgIpc) is 2.16. The molecule has 1 rings (SSSR count). The van der Waals surface area contributed by atoms with Crippen LogP contribution in [-0.4, -0.2) is 28.8 Å². The van der Waals surface area contributed by atoms with Crippen molar-refractivity contribution in [2.75, 3.05) is 12.8 Å². The van der Waals surface area contributed by atoms with Crippen molar-refractivity contribution in [1.82, 2.24) is 4.90 Å². The van der Waals surface area contributed by atoms with E-state index in [2.05, 4.69) is 0 Å². The zero-order valence-electron chi connectivity index (χ0n) is 8.57. The first kappa shape index (κ1) is 12.8. The number of carboxylic acid groups (broad SMARTS) is 1. The third-order valence-electron chi connectivity index (χ3n) is 1.92. The van der Waals surface area contributed by atoms with Gasteiger partial charge >= 0.3 is 14.0 Å². The fraction of sp³-hybridized carbons (Fsp3) is 0.300. The smallest absolute Gasteiger partial charge is 0.324 e. The van der Waals surface area contributed by atoms with Gasteiger partial charge in [-0.2, -0.15) is 0 Å². The maximum atomic E-state index is 10.6. The van der Waals surface area contributed by atoms with E-state index >= 15 is 0 Å². The molecule has 1 atom stereocenters. The van der Waals surface area contributed by atoms with Crippen LogP contribution in [0, 0.1) is 0 Å². The quantitative estimate of drug-likeness (QED) is 0.739. The summed E-state index contributed by atoms with van der Waals surface area (Å²) in [6.45, 7) is 0.0364. The lowest BCUT2D eigenvalue weighted by Crippen LogP contribution is -2.30. The summed E-state index contributed by atoms with van der Waals surface area (Å²) in [7, 11) is -2.60. The summed E-state index contributed by atoms with van der Waals surface area (Å²) in [4.78, 5) is 22.5. The summed E-state index contributed by atoms with van der Waals surface area (Å²) in [6.07, 6.45) is -0.240. The zero-order valence-corrected chi connectivity index (χ0v) is 9.47. The number of nitrogens with zero attached hydrogens (tertiary/aromatic N) is 1. The number of carboxylic acids is 1. The molecule has 0 radical (unpaired) electrons. The highest BCUT2D eigenvalue weighted by Crippen LogP contribution is 2.13. The van der Waals surface area contributed by atoms with E-state index in [0.717, 1.165) is 5.56 Å². The molecule has 86 valence electrons. The van der Waals surface area contributed by atoms with Crippen molar-refractivity contribution in [2.45, 2.75) is 6.54 Å². The number of hydrogen-bond donors (Lipinski definition) is 1. The van der Waals surface area contributed by atoms with E-state index in [1.54, 1.807) is 0 Å². The highest BCUT2D eigenvalue weighted by atomic mass is 31.1. The molecule has 16 heavy (non-hydrogen) atoms. The van der Waals surface area contributed by atoms with E-state index in [4.69, 9.17) is 5.11 Å². The zero-order chi connectivity index (χ0) is 12.0. The predicted octanol–water partition coefficient (Wildman–Crippen LogP) is 0.633. The number of hydrogen-bond acceptors (Lipinski definition) is 4. The lowest BCUT2D eigenvalue weighted by atomic mass is 10.2. The number of carbonyl (C=O) groups is 1. The summed E-state index contributed by atoms with van der Waals surface area (Å²) >= 11 is 0. The van der Waals surface area contributed by atoms with Gasteiger partial charge in [0.15, 0.2) is 6.29 Å². The highest BCUT2D eigenvalue weighted by Gasteiger charge is 2.15. The van der Waals surface area contributed by atoms with Crippen molar-refractivity contribution in [3.8, 4) is 0 Å². The van der Waals surface area contributed by atoms with Crippen molar-refractivity contribution >= 4 is 14.0 Å². The lowest BCUT2D eigenvalue weighted by molar-refractivity contribution is -0.166. The van der Waals surface area contributed by atoms with Crippen molar-refractivity contribution in [3.05, 3.63) is 35.9 Å². The van der Waals surface area contributed by atoms with E-state index in [1.165, 1.54) is 4.90 Å². The lowest BCUT2D eigenvalue weighted by Gasteiger charge is -2.15. The Kier molecular flexibility index (Phi) is 5.05. The molecule has 0 spiro atoms. The maximum absolute atomic E-state index is 10.6. The molecule has 1 aromatic rings. The van der Waals surface area contributed by atoms with E-state index in [1.807, 2.05) is 30.3 Å². The van der Waals surface area contributed by atoms with Crippen LogP contribution in [0.3, 0.4) is 0 Å². The molecular formula is C10H12NO4P. The molecule has 0 amide bonds. The Morgan fingerprint density at radius 1 is 1.38 bits per heavy atom. The van der Waals surface area contributed by atoms with Gasteiger partial charge in [0.1, 0.15) is 6.54 Å². The third-order valence-corrected chi connectivity index (χ3v) is 2.55.